The van der Waals surface area contributed by atoms with Crippen molar-refractivity contribution in [2.75, 3.05) is 25.5 Å². The van der Waals surface area contributed by atoms with Crippen LogP contribution in [0.5, 0.6) is 0 Å². The normalized spacial score (nSPS) is 17.9. The summed E-state index contributed by atoms with van der Waals surface area (Å²) in [5.74, 6) is -0.204. The Bertz CT molecular complexity index is 691. The third-order valence-electron chi connectivity index (χ3n) is 3.78. The average Bonchev–Trinajstić information content (AvgIpc) is 2.94. The second-order valence-electron chi connectivity index (χ2n) is 5.45. The molecule has 0 saturated carbocycles. The van der Waals surface area contributed by atoms with Gasteiger partial charge in [-0.3, -0.25) is 4.79 Å². The molecule has 1 aliphatic rings. The number of likely N-dealkylation sites (N-methyl/N-ethyl adjacent to an activating group) is 1. The minimum atomic E-state index is -3.57. The fourth-order valence-corrected chi connectivity index (χ4v) is 4.74. The van der Waals surface area contributed by atoms with Crippen LogP contribution in [0.2, 0.25) is 0 Å². The van der Waals surface area contributed by atoms with Crippen molar-refractivity contribution in [3.8, 4) is 0 Å². The van der Waals surface area contributed by atoms with Gasteiger partial charge in [-0.25, -0.2) is 8.42 Å². The molecule has 0 aliphatic carbocycles. The van der Waals surface area contributed by atoms with E-state index in [1.54, 1.807) is 26.1 Å². The smallest absolute Gasteiger partial charge is 0.243 e. The molecule has 0 bridgehead atoms. The van der Waals surface area contributed by atoms with Crippen LogP contribution in [0.25, 0.3) is 0 Å². The van der Waals surface area contributed by atoms with Gasteiger partial charge < -0.3 is 10.6 Å². The molecule has 1 unspecified atom stereocenters. The van der Waals surface area contributed by atoms with Crippen LogP contribution in [-0.4, -0.2) is 44.8 Å². The topological polar surface area (TPSA) is 78.5 Å². The Hall–Kier alpha value is -0.670. The molecule has 1 aromatic carbocycles. The lowest BCUT2D eigenvalue weighted by atomic mass is 10.2. The average molecular weight is 427 g/mol. The van der Waals surface area contributed by atoms with Crippen molar-refractivity contribution in [3.05, 3.63) is 22.2 Å². The van der Waals surface area contributed by atoms with E-state index >= 15 is 0 Å². The molecule has 2 N–H and O–H groups in total. The summed E-state index contributed by atoms with van der Waals surface area (Å²) in [6, 6.07) is 3.19. The van der Waals surface area contributed by atoms with Crippen molar-refractivity contribution in [1.82, 2.24) is 9.62 Å². The lowest BCUT2D eigenvalue weighted by molar-refractivity contribution is -0.114. The van der Waals surface area contributed by atoms with Gasteiger partial charge in [0, 0.05) is 31.0 Å². The summed E-state index contributed by atoms with van der Waals surface area (Å²) in [4.78, 5) is 11.4. The highest BCUT2D eigenvalue weighted by molar-refractivity contribution is 9.10. The van der Waals surface area contributed by atoms with E-state index in [1.807, 2.05) is 0 Å². The molecule has 1 aromatic rings. The number of sulfonamides is 1. The number of hydrogen-bond acceptors (Lipinski definition) is 4. The second-order valence-corrected chi connectivity index (χ2v) is 8.27. The van der Waals surface area contributed by atoms with Crippen LogP contribution in [0.15, 0.2) is 21.5 Å². The van der Waals surface area contributed by atoms with Crippen LogP contribution in [0, 0.1) is 6.92 Å². The lowest BCUT2D eigenvalue weighted by Crippen LogP contribution is -2.38. The van der Waals surface area contributed by atoms with E-state index in [0.29, 0.717) is 22.3 Å². The van der Waals surface area contributed by atoms with Crippen molar-refractivity contribution in [3.63, 3.8) is 0 Å². The van der Waals surface area contributed by atoms with Gasteiger partial charge in [-0.15, -0.1) is 12.4 Å². The second kappa shape index (κ2) is 7.94. The minimum Gasteiger partial charge on any atom is -0.325 e. The summed E-state index contributed by atoms with van der Waals surface area (Å²) in [5.41, 5.74) is 1.17. The maximum Gasteiger partial charge on any atom is 0.243 e. The molecule has 0 aromatic heterocycles. The number of amides is 1. The van der Waals surface area contributed by atoms with Gasteiger partial charge in [-0.05, 0) is 53.5 Å². The maximum atomic E-state index is 12.8. The van der Waals surface area contributed by atoms with Gasteiger partial charge in [0.2, 0.25) is 15.9 Å². The van der Waals surface area contributed by atoms with Gasteiger partial charge in [0.25, 0.3) is 0 Å². The first kappa shape index (κ1) is 20.4. The van der Waals surface area contributed by atoms with Gasteiger partial charge >= 0.3 is 0 Å². The number of halogens is 2. The number of nitrogens with one attached hydrogen (secondary N) is 2. The Morgan fingerprint density at radius 2 is 2.09 bits per heavy atom. The van der Waals surface area contributed by atoms with E-state index < -0.39 is 10.0 Å². The van der Waals surface area contributed by atoms with Gasteiger partial charge in [0.05, 0.1) is 10.6 Å². The number of rotatable bonds is 4. The van der Waals surface area contributed by atoms with Crippen LogP contribution in [0.1, 0.15) is 18.9 Å². The fourth-order valence-electron chi connectivity index (χ4n) is 2.53. The van der Waals surface area contributed by atoms with Gasteiger partial charge in [0.1, 0.15) is 0 Å². The van der Waals surface area contributed by atoms with Crippen LogP contribution in [0.3, 0.4) is 0 Å². The number of carbonyl (C=O) groups is 1. The first-order valence-corrected chi connectivity index (χ1v) is 9.23. The molecule has 9 heteroatoms. The molecule has 1 atom stereocenters. The zero-order valence-corrected chi connectivity index (χ0v) is 16.4. The summed E-state index contributed by atoms with van der Waals surface area (Å²) in [6.07, 6.45) is 0.805. The fraction of sp³-hybridized carbons (Fsp3) is 0.500. The summed E-state index contributed by atoms with van der Waals surface area (Å²) in [5, 5.41) is 5.84. The Morgan fingerprint density at radius 3 is 2.61 bits per heavy atom. The van der Waals surface area contributed by atoms with Crippen molar-refractivity contribution in [2.24, 2.45) is 0 Å². The van der Waals surface area contributed by atoms with Gasteiger partial charge in [-0.1, -0.05) is 0 Å². The predicted molar refractivity (Wildman–Crippen MR) is 96.7 cm³/mol. The quantitative estimate of drug-likeness (QED) is 0.773. The standard InChI is InChI=1S/C14H20BrN3O3S.ClH/c1-9-6-13(17-10(2)19)12(15)7-14(9)22(20,21)18(3)11-4-5-16-8-11;/h6-7,11,16H,4-5,8H2,1-3H3,(H,17,19);1H. The summed E-state index contributed by atoms with van der Waals surface area (Å²) < 4.78 is 27.6. The monoisotopic (exact) mass is 425 g/mol. The molecule has 2 rings (SSSR count). The Kier molecular flexibility index (Phi) is 7.03. The number of carbonyl (C=O) groups excluding carboxylic acids is 1. The predicted octanol–water partition coefficient (Wildman–Crippen LogP) is 2.12. The molecule has 0 spiro atoms. The first-order chi connectivity index (χ1) is 10.2. The highest BCUT2D eigenvalue weighted by Gasteiger charge is 2.31. The van der Waals surface area contributed by atoms with Crippen molar-refractivity contribution >= 4 is 50.0 Å². The summed E-state index contributed by atoms with van der Waals surface area (Å²) in [7, 11) is -1.96. The van der Waals surface area contributed by atoms with Crippen molar-refractivity contribution in [2.45, 2.75) is 31.2 Å². The maximum absolute atomic E-state index is 12.8. The number of anilines is 1. The number of nitrogens with zero attached hydrogens (tertiary/aromatic N) is 1. The molecule has 1 amide bonds. The Labute approximate surface area is 151 Å². The number of aryl methyl sites for hydroxylation is 1. The molecular formula is C14H21BrClN3O3S. The van der Waals surface area contributed by atoms with E-state index in [0.717, 1.165) is 13.0 Å². The van der Waals surface area contributed by atoms with Crippen molar-refractivity contribution < 1.29 is 13.2 Å². The summed E-state index contributed by atoms with van der Waals surface area (Å²) in [6.45, 7) is 4.63. The molecule has 1 aliphatic heterocycles. The lowest BCUT2D eigenvalue weighted by Gasteiger charge is -2.24. The van der Waals surface area contributed by atoms with E-state index in [4.69, 9.17) is 0 Å². The van der Waals surface area contributed by atoms with Crippen LogP contribution in [-0.2, 0) is 14.8 Å². The highest BCUT2D eigenvalue weighted by atomic mass is 79.9. The SMILES string of the molecule is CC(=O)Nc1cc(C)c(S(=O)(=O)N(C)C2CCNC2)cc1Br.Cl. The molecule has 6 nitrogen and oxygen atoms in total. The first-order valence-electron chi connectivity index (χ1n) is 7.00. The third kappa shape index (κ3) is 4.45. The molecular weight excluding hydrogens is 406 g/mol. The Morgan fingerprint density at radius 1 is 1.43 bits per heavy atom. The van der Waals surface area contributed by atoms with Gasteiger partial charge in [0.15, 0.2) is 0 Å². The largest absolute Gasteiger partial charge is 0.325 e. The van der Waals surface area contributed by atoms with E-state index in [-0.39, 0.29) is 29.3 Å². The molecule has 1 heterocycles. The molecule has 130 valence electrons. The zero-order valence-electron chi connectivity index (χ0n) is 13.2. The highest BCUT2D eigenvalue weighted by Crippen LogP contribution is 2.31. The Balaban J connectivity index is 0.00000264. The van der Waals surface area contributed by atoms with E-state index in [2.05, 4.69) is 26.6 Å². The molecule has 0 radical (unpaired) electrons. The van der Waals surface area contributed by atoms with Crippen LogP contribution < -0.4 is 10.6 Å². The van der Waals surface area contributed by atoms with Crippen LogP contribution >= 0.6 is 28.3 Å². The third-order valence-corrected chi connectivity index (χ3v) is 6.49. The van der Waals surface area contributed by atoms with E-state index in [1.165, 1.54) is 11.2 Å². The molecule has 23 heavy (non-hydrogen) atoms. The number of hydrogen-bond donors (Lipinski definition) is 2. The minimum absolute atomic E-state index is 0. The zero-order chi connectivity index (χ0) is 16.5. The van der Waals surface area contributed by atoms with E-state index in [9.17, 15) is 13.2 Å². The van der Waals surface area contributed by atoms with Gasteiger partial charge in [-0.2, -0.15) is 4.31 Å². The van der Waals surface area contributed by atoms with Crippen molar-refractivity contribution in [1.29, 1.82) is 0 Å². The number of benzene rings is 1. The molecule has 1 fully saturated rings. The van der Waals surface area contributed by atoms with Crippen LogP contribution in [0.4, 0.5) is 5.69 Å². The summed E-state index contributed by atoms with van der Waals surface area (Å²) >= 11 is 3.32. The molecule has 1 saturated heterocycles.